The molecule has 146 valence electrons. The van der Waals surface area contributed by atoms with Crippen molar-refractivity contribution in [1.29, 1.82) is 0 Å². The van der Waals surface area contributed by atoms with E-state index in [4.69, 9.17) is 9.47 Å². The number of carbonyl (C=O) groups excluding carboxylic acids is 2. The first-order valence-electron chi connectivity index (χ1n) is 9.70. The van der Waals surface area contributed by atoms with Crippen LogP contribution in [0.3, 0.4) is 0 Å². The second-order valence-corrected chi connectivity index (χ2v) is 7.60. The summed E-state index contributed by atoms with van der Waals surface area (Å²) in [6.07, 6.45) is 4.12. The van der Waals surface area contributed by atoms with Gasteiger partial charge in [-0.15, -0.1) is 0 Å². The van der Waals surface area contributed by atoms with E-state index >= 15 is 0 Å². The zero-order chi connectivity index (χ0) is 18.8. The van der Waals surface area contributed by atoms with Crippen LogP contribution in [0.5, 0.6) is 5.75 Å². The summed E-state index contributed by atoms with van der Waals surface area (Å²) in [4.78, 5) is 26.6. The summed E-state index contributed by atoms with van der Waals surface area (Å²) < 4.78 is 24.5. The van der Waals surface area contributed by atoms with Crippen molar-refractivity contribution >= 4 is 11.8 Å². The van der Waals surface area contributed by atoms with Gasteiger partial charge in [0.05, 0.1) is 12.5 Å². The fourth-order valence-electron chi connectivity index (χ4n) is 3.89. The minimum absolute atomic E-state index is 0.0298. The van der Waals surface area contributed by atoms with Gasteiger partial charge in [-0.1, -0.05) is 0 Å². The van der Waals surface area contributed by atoms with E-state index in [0.29, 0.717) is 37.4 Å². The molecule has 1 saturated carbocycles. The van der Waals surface area contributed by atoms with Gasteiger partial charge in [-0.05, 0) is 49.8 Å². The number of ether oxygens (including phenoxy) is 2. The molecule has 2 fully saturated rings. The smallest absolute Gasteiger partial charge is 0.225 e. The summed E-state index contributed by atoms with van der Waals surface area (Å²) >= 11 is 0. The summed E-state index contributed by atoms with van der Waals surface area (Å²) in [5.74, 6) is 0.542. The highest BCUT2D eigenvalue weighted by atomic mass is 19.1. The molecule has 1 aromatic carbocycles. The molecular weight excluding hydrogens is 351 g/mol. The molecule has 0 aromatic heterocycles. The van der Waals surface area contributed by atoms with Crippen LogP contribution in [0, 0.1) is 17.7 Å². The molecule has 1 aromatic rings. The molecule has 1 atom stereocenters. The second kappa shape index (κ2) is 7.84. The van der Waals surface area contributed by atoms with Gasteiger partial charge in [0.1, 0.15) is 11.6 Å². The van der Waals surface area contributed by atoms with Gasteiger partial charge in [0.25, 0.3) is 0 Å². The van der Waals surface area contributed by atoms with Gasteiger partial charge >= 0.3 is 0 Å². The van der Waals surface area contributed by atoms with Gasteiger partial charge in [0, 0.05) is 31.1 Å². The molecule has 1 N–H and O–H groups in total. The number of hydrogen-bond acceptors (Lipinski definition) is 4. The standard InChI is InChI=1S/C20H25FN2O4/c21-17-8-14(18-16(9-17)11-26-12-27-18)5-6-22-19(24)15-2-1-7-23(10-15)20(25)13-3-4-13/h8-9,13,15H,1-7,10-12H2,(H,22,24)/t15-/m0/s1. The molecule has 27 heavy (non-hydrogen) atoms. The van der Waals surface area contributed by atoms with Crippen LogP contribution in [0.15, 0.2) is 12.1 Å². The predicted octanol–water partition coefficient (Wildman–Crippen LogP) is 2.00. The van der Waals surface area contributed by atoms with Crippen LogP contribution in [0.1, 0.15) is 36.8 Å². The number of hydrogen-bond donors (Lipinski definition) is 1. The van der Waals surface area contributed by atoms with Crippen molar-refractivity contribution in [3.63, 3.8) is 0 Å². The Kier molecular flexibility index (Phi) is 5.29. The van der Waals surface area contributed by atoms with E-state index in [-0.39, 0.29) is 36.3 Å². The van der Waals surface area contributed by atoms with Crippen molar-refractivity contribution in [2.45, 2.75) is 38.7 Å². The molecule has 0 spiro atoms. The molecule has 2 aliphatic heterocycles. The maximum absolute atomic E-state index is 13.8. The van der Waals surface area contributed by atoms with Gasteiger partial charge in [0.2, 0.25) is 11.8 Å². The van der Waals surface area contributed by atoms with Gasteiger partial charge in [-0.2, -0.15) is 0 Å². The lowest BCUT2D eigenvalue weighted by molar-refractivity contribution is -0.136. The highest BCUT2D eigenvalue weighted by Crippen LogP contribution is 2.32. The molecule has 2 heterocycles. The number of halogens is 1. The van der Waals surface area contributed by atoms with Crippen LogP contribution in [0.4, 0.5) is 4.39 Å². The highest BCUT2D eigenvalue weighted by Gasteiger charge is 2.36. The quantitative estimate of drug-likeness (QED) is 0.854. The molecule has 3 aliphatic rings. The number of piperidine rings is 1. The Balaban J connectivity index is 1.31. The molecule has 1 aliphatic carbocycles. The predicted molar refractivity (Wildman–Crippen MR) is 95.4 cm³/mol. The zero-order valence-electron chi connectivity index (χ0n) is 15.3. The van der Waals surface area contributed by atoms with Crippen molar-refractivity contribution in [3.05, 3.63) is 29.1 Å². The number of rotatable bonds is 5. The number of benzene rings is 1. The third kappa shape index (κ3) is 4.24. The fraction of sp³-hybridized carbons (Fsp3) is 0.600. The first kappa shape index (κ1) is 18.2. The monoisotopic (exact) mass is 376 g/mol. The maximum atomic E-state index is 13.8. The van der Waals surface area contributed by atoms with Gasteiger partial charge in [-0.3, -0.25) is 9.59 Å². The van der Waals surface area contributed by atoms with Crippen molar-refractivity contribution in [3.8, 4) is 5.75 Å². The summed E-state index contributed by atoms with van der Waals surface area (Å²) in [7, 11) is 0. The van der Waals surface area contributed by atoms with E-state index in [9.17, 15) is 14.0 Å². The lowest BCUT2D eigenvalue weighted by atomic mass is 9.96. The van der Waals surface area contributed by atoms with Crippen LogP contribution in [0.25, 0.3) is 0 Å². The zero-order valence-corrected chi connectivity index (χ0v) is 15.3. The molecular formula is C20H25FN2O4. The second-order valence-electron chi connectivity index (χ2n) is 7.60. The van der Waals surface area contributed by atoms with Crippen molar-refractivity contribution in [1.82, 2.24) is 10.2 Å². The lowest BCUT2D eigenvalue weighted by Crippen LogP contribution is -2.46. The maximum Gasteiger partial charge on any atom is 0.225 e. The number of fused-ring (bicyclic) bond motifs is 1. The molecule has 0 unspecified atom stereocenters. The summed E-state index contributed by atoms with van der Waals surface area (Å²) in [5, 5.41) is 2.95. The summed E-state index contributed by atoms with van der Waals surface area (Å²) in [6, 6.07) is 2.87. The topological polar surface area (TPSA) is 67.9 Å². The van der Waals surface area contributed by atoms with Crippen molar-refractivity contribution < 1.29 is 23.5 Å². The number of nitrogens with one attached hydrogen (secondary N) is 1. The average molecular weight is 376 g/mol. The Bertz CT molecular complexity index is 735. The normalized spacial score (nSPS) is 22.0. The third-order valence-electron chi connectivity index (χ3n) is 5.48. The van der Waals surface area contributed by atoms with E-state index in [1.807, 2.05) is 4.90 Å². The Morgan fingerprint density at radius 3 is 2.89 bits per heavy atom. The highest BCUT2D eigenvalue weighted by molar-refractivity contribution is 5.83. The van der Waals surface area contributed by atoms with E-state index in [2.05, 4.69) is 5.32 Å². The Morgan fingerprint density at radius 1 is 1.22 bits per heavy atom. The first-order chi connectivity index (χ1) is 13.1. The van der Waals surface area contributed by atoms with Crippen LogP contribution in [-0.4, -0.2) is 43.1 Å². The number of nitrogens with zero attached hydrogens (tertiary/aromatic N) is 1. The summed E-state index contributed by atoms with van der Waals surface area (Å²) in [5.41, 5.74) is 1.44. The first-order valence-corrected chi connectivity index (χ1v) is 9.70. The number of carbonyl (C=O) groups is 2. The molecule has 6 nitrogen and oxygen atoms in total. The third-order valence-corrected chi connectivity index (χ3v) is 5.48. The van der Waals surface area contributed by atoms with Crippen molar-refractivity contribution in [2.75, 3.05) is 26.4 Å². The molecule has 1 saturated heterocycles. The average Bonchev–Trinajstić information content (AvgIpc) is 3.52. The Labute approximate surface area is 158 Å². The van der Waals surface area contributed by atoms with E-state index in [0.717, 1.165) is 37.8 Å². The number of amides is 2. The van der Waals surface area contributed by atoms with E-state index in [1.165, 1.54) is 12.1 Å². The lowest BCUT2D eigenvalue weighted by Gasteiger charge is -2.32. The van der Waals surface area contributed by atoms with Crippen LogP contribution in [-0.2, 0) is 27.4 Å². The van der Waals surface area contributed by atoms with E-state index < -0.39 is 0 Å². The SMILES string of the molecule is O=C(NCCc1cc(F)cc2c1OCOC2)[C@H]1CCCN(C(=O)C2CC2)C1. The Morgan fingerprint density at radius 2 is 2.07 bits per heavy atom. The van der Waals surface area contributed by atoms with E-state index in [1.54, 1.807) is 0 Å². The van der Waals surface area contributed by atoms with Gasteiger partial charge < -0.3 is 19.7 Å². The Hall–Kier alpha value is -2.15. The van der Waals surface area contributed by atoms with Gasteiger partial charge in [0.15, 0.2) is 6.79 Å². The summed E-state index contributed by atoms with van der Waals surface area (Å²) in [6.45, 7) is 2.17. The van der Waals surface area contributed by atoms with Crippen LogP contribution < -0.4 is 10.1 Å². The minimum atomic E-state index is -0.328. The van der Waals surface area contributed by atoms with Gasteiger partial charge in [-0.25, -0.2) is 4.39 Å². The molecule has 0 radical (unpaired) electrons. The molecule has 4 rings (SSSR count). The molecule has 0 bridgehead atoms. The van der Waals surface area contributed by atoms with Crippen LogP contribution in [0.2, 0.25) is 0 Å². The number of likely N-dealkylation sites (tertiary alicyclic amines) is 1. The molecule has 7 heteroatoms. The fourth-order valence-corrected chi connectivity index (χ4v) is 3.89. The molecule has 2 amide bonds. The largest absolute Gasteiger partial charge is 0.467 e. The minimum Gasteiger partial charge on any atom is -0.467 e. The van der Waals surface area contributed by atoms with Crippen molar-refractivity contribution in [2.24, 2.45) is 11.8 Å². The van der Waals surface area contributed by atoms with Crippen LogP contribution >= 0.6 is 0 Å².